The third kappa shape index (κ3) is 34.0. The molecule has 6 nitrogen and oxygen atoms in total. The molecule has 0 bridgehead atoms. The van der Waals surface area contributed by atoms with Crippen molar-refractivity contribution in [1.82, 2.24) is 0 Å². The molecule has 13 heteroatoms. The molecule has 0 saturated heterocycles. The minimum Gasteiger partial charge on any atom is -0.294 e. The largest absolute Gasteiger partial charge is 1.00 e. The fraction of sp³-hybridized carbons (Fsp3) is 0.0833. The Labute approximate surface area is 722 Å². The first kappa shape index (κ1) is 95.1. The summed E-state index contributed by atoms with van der Waals surface area (Å²) in [6.45, 7) is 13.0. The molecule has 0 spiro atoms. The molecule has 0 unspecified atom stereocenters. The van der Waals surface area contributed by atoms with Crippen LogP contribution in [0.1, 0.15) is 53.9 Å². The van der Waals surface area contributed by atoms with Crippen LogP contribution in [-0.2, 0) is 49.2 Å². The summed E-state index contributed by atoms with van der Waals surface area (Å²) in [5.74, 6) is 0.426. The number of Topliss-reactive ketones (excluding diaryl/α,β-unsaturated/α-hetero) is 2. The molecule has 0 saturated carbocycles. The number of carbonyl (C=O) groups excluding carboxylic acids is 6. The van der Waals surface area contributed by atoms with Crippen LogP contribution in [0.3, 0.4) is 0 Å². The number of hydrogen-bond donors (Lipinski definition) is 0. The number of hydrogen-bond acceptors (Lipinski definition) is 6. The van der Waals surface area contributed by atoms with Crippen molar-refractivity contribution in [2.75, 3.05) is 0 Å². The van der Waals surface area contributed by atoms with Gasteiger partial charge in [-0.1, -0.05) is 427 Å². The summed E-state index contributed by atoms with van der Waals surface area (Å²) >= 11 is 2.09. The van der Waals surface area contributed by atoms with E-state index >= 15 is 0 Å². The van der Waals surface area contributed by atoms with E-state index in [2.05, 4.69) is 414 Å². The number of halogens is 1. The molecule has 109 heavy (non-hydrogen) atoms. The normalized spacial score (nSPS) is 11.1. The summed E-state index contributed by atoms with van der Waals surface area (Å²) in [5, 5.41) is 16.8. The second-order valence-corrected chi connectivity index (χ2v) is 32.8. The molecule has 548 valence electrons. The molecule has 0 N–H and O–H groups in total. The Morgan fingerprint density at radius 3 is 0.606 bits per heavy atom. The average molecular weight is 1740 g/mol. The maximum atomic E-state index is 11.1. The minimum atomic E-state index is -0.446. The van der Waals surface area contributed by atoms with Crippen LogP contribution in [0.25, 0.3) is 0 Å². The van der Waals surface area contributed by atoms with E-state index in [1.54, 1.807) is 12.2 Å². The monoisotopic (exact) mass is 1740 g/mol. The van der Waals surface area contributed by atoms with Crippen molar-refractivity contribution >= 4 is 142 Å². The summed E-state index contributed by atoms with van der Waals surface area (Å²) in [6, 6.07) is 129. The number of allylic oxidation sites excluding steroid dienone is 10. The van der Waals surface area contributed by atoms with Crippen molar-refractivity contribution in [3.63, 3.8) is 0 Å². The smallest absolute Gasteiger partial charge is 0.294 e. The van der Waals surface area contributed by atoms with E-state index in [9.17, 15) is 9.59 Å². The molecule has 0 atom stereocenters. The Balaban J connectivity index is 0.000000334. The maximum absolute atomic E-state index is 11.1. The van der Waals surface area contributed by atoms with Crippen molar-refractivity contribution < 1.29 is 101 Å². The molecule has 14 rings (SSSR count). The van der Waals surface area contributed by atoms with E-state index in [0.29, 0.717) is 12.8 Å². The summed E-state index contributed by atoms with van der Waals surface area (Å²) in [7, 11) is -1.78. The van der Waals surface area contributed by atoms with Crippen molar-refractivity contribution in [2.45, 2.75) is 53.9 Å². The number of carbonyl (C=O) groups is 2. The first-order chi connectivity index (χ1) is 52.1. The quantitative estimate of drug-likeness (QED) is 0.0438. The molecule has 0 fully saturated rings. The number of rotatable bonds is 15. The zero-order valence-corrected chi connectivity index (χ0v) is 71.7. The number of ketones is 2. The topological polar surface area (TPSA) is 102 Å². The van der Waals surface area contributed by atoms with Crippen molar-refractivity contribution in [2.24, 2.45) is 0 Å². The van der Waals surface area contributed by atoms with Gasteiger partial charge in [-0.25, -0.2) is 0 Å². The number of benzene rings is 12. The average Bonchev–Trinajstić information content (AvgIpc) is 0.838. The molecule has 0 amide bonds. The molecular weight excluding hydrogens is 1650 g/mol. The van der Waals surface area contributed by atoms with Crippen LogP contribution in [0.2, 0.25) is 0 Å². The van der Waals surface area contributed by atoms with E-state index in [4.69, 9.17) is 19.2 Å². The van der Waals surface area contributed by atoms with Gasteiger partial charge >= 0.3 is 63.7 Å². The van der Waals surface area contributed by atoms with Crippen LogP contribution in [0.5, 0.6) is 0 Å². The van der Waals surface area contributed by atoms with Gasteiger partial charge in [0.1, 0.15) is 0 Å². The summed E-state index contributed by atoms with van der Waals surface area (Å²) in [6.07, 6.45) is 14.9. The van der Waals surface area contributed by atoms with Gasteiger partial charge in [0.05, 0.1) is 3.58 Å². The minimum absolute atomic E-state index is 0. The molecule has 0 aliphatic heterocycles. The van der Waals surface area contributed by atoms with Crippen molar-refractivity contribution in [3.05, 3.63) is 434 Å². The van der Waals surface area contributed by atoms with Gasteiger partial charge in [0.15, 0.2) is 11.6 Å². The maximum Gasteiger partial charge on any atom is 1.00 e. The molecule has 0 aromatic heterocycles. The Morgan fingerprint density at radius 1 is 0.321 bits per heavy atom. The Hall–Kier alpha value is -8.07. The van der Waals surface area contributed by atoms with Gasteiger partial charge in [-0.15, -0.1) is 6.58 Å². The van der Waals surface area contributed by atoms with E-state index in [0.717, 1.165) is 22.0 Å². The third-order valence-electron chi connectivity index (χ3n) is 15.5. The molecule has 0 heterocycles. The summed E-state index contributed by atoms with van der Waals surface area (Å²) < 4.78 is 0.872. The van der Waals surface area contributed by atoms with Crippen LogP contribution >= 0.6 is 54.3 Å². The first-order valence-corrected chi connectivity index (χ1v) is 41.0. The van der Waals surface area contributed by atoms with E-state index in [1.165, 1.54) is 74.8 Å². The Kier molecular flexibility index (Phi) is 50.6. The van der Waals surface area contributed by atoms with Gasteiger partial charge < -0.3 is 0 Å². The zero-order chi connectivity index (χ0) is 75.6. The first-order valence-electron chi connectivity index (χ1n) is 34.6. The third-order valence-corrected chi connectivity index (χ3v) is 26.2. The second-order valence-electron chi connectivity index (χ2n) is 22.8. The van der Waals surface area contributed by atoms with Gasteiger partial charge in [0.25, 0.3) is 0 Å². The van der Waals surface area contributed by atoms with E-state index in [1.807, 2.05) is 31.2 Å². The SMILES string of the molecule is C.C=CC.C=CC1=CC(CC)=CCC1=O.CCC1=CCC(=O)C(I)=C1.O=C=O.O=C=O.[K+].[Pd].c1ccc(P(c2ccccc2)c2ccccc2)cc1.c1ccc(P(c2ccccc2)c2ccccc2)cc1.c1ccc(P(c2ccccc2)c2ccccc2)cc1.c1ccc(P(c2ccccc2)c2ccccc2)cc1. The standard InChI is InChI=1S/4C18H15P.C10H12O.C8H9IO.C3H6.2CO2.CH4.K.Pd/c4*1-4-10-16(11-5-1)19(17-12-6-2-7-13-17)18-14-8-3-9-15-18;1-3-8-5-6-10(11)9(4-2)7-8;1-2-6-3-4-8(10)7(9)5-6;1-3-2;2*2-1-3;;;/h4*1-15H;4-5,7H,2-3,6H2,1H3;3,5H,2,4H2,1H3;3H,1H2,2H3;;;1H4;;/q;;;;;;;;;;+1;. The fourth-order valence-electron chi connectivity index (χ4n) is 10.7. The molecule has 12 aromatic rings. The predicted molar refractivity (Wildman–Crippen MR) is 470 cm³/mol. The van der Waals surface area contributed by atoms with Gasteiger partial charge in [-0.2, -0.15) is 19.2 Å². The van der Waals surface area contributed by atoms with Gasteiger partial charge in [0, 0.05) is 38.8 Å². The molecular formula is C96H91IKO6P4Pd+. The zero-order valence-electron chi connectivity index (χ0n) is 61.3. The van der Waals surface area contributed by atoms with Gasteiger partial charge in [0.2, 0.25) is 0 Å². The second kappa shape index (κ2) is 57.9. The van der Waals surface area contributed by atoms with Crippen LogP contribution in [0.15, 0.2) is 434 Å². The van der Waals surface area contributed by atoms with Crippen LogP contribution in [-0.4, -0.2) is 23.9 Å². The Bertz CT molecular complexity index is 3820. The molecule has 2 aliphatic rings. The van der Waals surface area contributed by atoms with Crippen LogP contribution in [0, 0.1) is 0 Å². The van der Waals surface area contributed by atoms with Crippen molar-refractivity contribution in [3.8, 4) is 0 Å². The summed E-state index contributed by atoms with van der Waals surface area (Å²) in [5.41, 5.74) is 3.27. The van der Waals surface area contributed by atoms with Gasteiger partial charge in [-0.05, 0) is 150 Å². The summed E-state index contributed by atoms with van der Waals surface area (Å²) in [4.78, 5) is 54.5. The van der Waals surface area contributed by atoms with Crippen LogP contribution < -0.4 is 115 Å². The van der Waals surface area contributed by atoms with Crippen molar-refractivity contribution in [1.29, 1.82) is 0 Å². The Morgan fingerprint density at radius 2 is 0.468 bits per heavy atom. The predicted octanol–water partition coefficient (Wildman–Crippen LogP) is 16.5. The molecule has 12 aromatic carbocycles. The van der Waals surface area contributed by atoms with Gasteiger partial charge in [-0.3, -0.25) is 9.59 Å². The molecule has 0 radical (unpaired) electrons. The molecule has 2 aliphatic carbocycles. The fourth-order valence-corrected chi connectivity index (χ4v) is 20.5. The van der Waals surface area contributed by atoms with Crippen LogP contribution in [0.4, 0.5) is 0 Å². The van der Waals surface area contributed by atoms with E-state index in [-0.39, 0.29) is 103 Å². The van der Waals surface area contributed by atoms with E-state index < -0.39 is 31.7 Å².